The summed E-state index contributed by atoms with van der Waals surface area (Å²) in [6.45, 7) is -1.43. The molecule has 0 heterocycles. The van der Waals surface area contributed by atoms with Gasteiger partial charge in [0.15, 0.2) is 17.4 Å². The standard InChI is InChI=1S/C7H2Cl2F4O/c8-2-3(9)7(14-1-10)6(13)5(12)4(2)11/h1H2. The Kier molecular flexibility index (Phi) is 3.44. The summed E-state index contributed by atoms with van der Waals surface area (Å²) in [5.74, 6) is -6.16. The lowest BCUT2D eigenvalue weighted by Gasteiger charge is -2.08. The molecule has 1 aromatic rings. The van der Waals surface area contributed by atoms with Crippen LogP contribution in [-0.4, -0.2) is 6.86 Å². The fourth-order valence-electron chi connectivity index (χ4n) is 0.766. The summed E-state index contributed by atoms with van der Waals surface area (Å²) in [5.41, 5.74) is 0. The normalized spacial score (nSPS) is 10.4. The first-order valence-corrected chi connectivity index (χ1v) is 3.96. The molecule has 0 radical (unpaired) electrons. The van der Waals surface area contributed by atoms with Crippen molar-refractivity contribution in [1.29, 1.82) is 0 Å². The fraction of sp³-hybridized carbons (Fsp3) is 0.143. The molecule has 1 aromatic carbocycles. The summed E-state index contributed by atoms with van der Waals surface area (Å²) in [5, 5.41) is -1.56. The Morgan fingerprint density at radius 3 is 2.00 bits per heavy atom. The SMILES string of the molecule is FCOc1c(F)c(F)c(F)c(Cl)c1Cl. The van der Waals surface area contributed by atoms with E-state index >= 15 is 0 Å². The molecule has 1 rings (SSSR count). The summed E-state index contributed by atoms with van der Waals surface area (Å²) < 4.78 is 53.9. The van der Waals surface area contributed by atoms with Crippen molar-refractivity contribution in [2.75, 3.05) is 6.86 Å². The maximum atomic E-state index is 12.8. The summed E-state index contributed by atoms with van der Waals surface area (Å²) in [7, 11) is 0. The minimum atomic E-state index is -1.86. The molecule has 0 aliphatic carbocycles. The number of hydrogen-bond acceptors (Lipinski definition) is 1. The van der Waals surface area contributed by atoms with Crippen molar-refractivity contribution < 1.29 is 22.3 Å². The predicted octanol–water partition coefficient (Wildman–Crippen LogP) is 3.72. The van der Waals surface area contributed by atoms with Gasteiger partial charge in [-0.2, -0.15) is 4.39 Å². The largest absolute Gasteiger partial charge is 0.458 e. The first-order chi connectivity index (χ1) is 6.50. The summed E-state index contributed by atoms with van der Waals surface area (Å²) in [6.07, 6.45) is 0. The summed E-state index contributed by atoms with van der Waals surface area (Å²) >= 11 is 10.5. The summed E-state index contributed by atoms with van der Waals surface area (Å²) in [4.78, 5) is 0. The van der Waals surface area contributed by atoms with Crippen LogP contribution >= 0.6 is 23.2 Å². The molecule has 0 fully saturated rings. The van der Waals surface area contributed by atoms with Gasteiger partial charge in [-0.25, -0.2) is 13.2 Å². The molecule has 0 bridgehead atoms. The van der Waals surface area contributed by atoms with Crippen LogP contribution in [0.2, 0.25) is 10.0 Å². The molecule has 0 amide bonds. The first kappa shape index (κ1) is 11.4. The Morgan fingerprint density at radius 1 is 0.929 bits per heavy atom. The quantitative estimate of drug-likeness (QED) is 0.441. The van der Waals surface area contributed by atoms with Crippen molar-refractivity contribution in [3.05, 3.63) is 27.5 Å². The molecule has 0 atom stereocenters. The van der Waals surface area contributed by atoms with Crippen LogP contribution in [0.4, 0.5) is 17.6 Å². The smallest absolute Gasteiger partial charge is 0.228 e. The molecule has 78 valence electrons. The van der Waals surface area contributed by atoms with Crippen LogP contribution < -0.4 is 4.74 Å². The van der Waals surface area contributed by atoms with Crippen LogP contribution in [0.25, 0.3) is 0 Å². The third kappa shape index (κ3) is 1.74. The van der Waals surface area contributed by atoms with Gasteiger partial charge in [0.1, 0.15) is 10.0 Å². The maximum absolute atomic E-state index is 12.8. The number of hydrogen-bond donors (Lipinski definition) is 0. The van der Waals surface area contributed by atoms with Gasteiger partial charge in [0.05, 0.1) is 0 Å². The Labute approximate surface area is 86.2 Å². The highest BCUT2D eigenvalue weighted by molar-refractivity contribution is 6.43. The third-order valence-corrected chi connectivity index (χ3v) is 2.18. The van der Waals surface area contributed by atoms with E-state index in [9.17, 15) is 17.6 Å². The molecule has 14 heavy (non-hydrogen) atoms. The lowest BCUT2D eigenvalue weighted by Crippen LogP contribution is -2.00. The first-order valence-electron chi connectivity index (χ1n) is 3.20. The van der Waals surface area contributed by atoms with E-state index in [-0.39, 0.29) is 0 Å². The maximum Gasteiger partial charge on any atom is 0.228 e. The Bertz CT molecular complexity index is 340. The van der Waals surface area contributed by atoms with Gasteiger partial charge in [-0.3, -0.25) is 0 Å². The van der Waals surface area contributed by atoms with Crippen LogP contribution in [-0.2, 0) is 0 Å². The molecule has 0 aliphatic heterocycles. The average molecular weight is 249 g/mol. The van der Waals surface area contributed by atoms with Crippen LogP contribution in [0.1, 0.15) is 0 Å². The van der Waals surface area contributed by atoms with E-state index in [1.54, 1.807) is 0 Å². The lowest BCUT2D eigenvalue weighted by atomic mass is 10.3. The van der Waals surface area contributed by atoms with Gasteiger partial charge in [0.25, 0.3) is 0 Å². The minimum Gasteiger partial charge on any atom is -0.458 e. The van der Waals surface area contributed by atoms with Gasteiger partial charge in [-0.05, 0) is 0 Å². The second kappa shape index (κ2) is 4.23. The van der Waals surface area contributed by atoms with Crippen molar-refractivity contribution in [2.45, 2.75) is 0 Å². The number of halogens is 6. The second-order valence-electron chi connectivity index (χ2n) is 2.15. The van der Waals surface area contributed by atoms with Crippen molar-refractivity contribution in [1.82, 2.24) is 0 Å². The van der Waals surface area contributed by atoms with Crippen LogP contribution in [0.3, 0.4) is 0 Å². The van der Waals surface area contributed by atoms with Crippen molar-refractivity contribution >= 4 is 23.2 Å². The van der Waals surface area contributed by atoms with Gasteiger partial charge in [0, 0.05) is 0 Å². The van der Waals surface area contributed by atoms with Gasteiger partial charge < -0.3 is 4.74 Å². The van der Waals surface area contributed by atoms with E-state index in [4.69, 9.17) is 23.2 Å². The fourth-order valence-corrected chi connectivity index (χ4v) is 1.16. The zero-order valence-electron chi connectivity index (χ0n) is 6.38. The van der Waals surface area contributed by atoms with Crippen LogP contribution in [0.15, 0.2) is 0 Å². The van der Waals surface area contributed by atoms with E-state index in [1.165, 1.54) is 0 Å². The molecule has 0 aromatic heterocycles. The molecular weight excluding hydrogens is 247 g/mol. The third-order valence-electron chi connectivity index (χ3n) is 1.37. The van der Waals surface area contributed by atoms with Gasteiger partial charge in [-0.1, -0.05) is 23.2 Å². The topological polar surface area (TPSA) is 9.23 Å². The average Bonchev–Trinajstić information content (AvgIpc) is 2.19. The monoisotopic (exact) mass is 248 g/mol. The predicted molar refractivity (Wildman–Crippen MR) is 42.9 cm³/mol. The van der Waals surface area contributed by atoms with E-state index in [0.717, 1.165) is 0 Å². The minimum absolute atomic E-state index is 0.708. The molecule has 0 saturated carbocycles. The molecule has 1 nitrogen and oxygen atoms in total. The summed E-state index contributed by atoms with van der Waals surface area (Å²) in [6, 6.07) is 0. The van der Waals surface area contributed by atoms with E-state index in [0.29, 0.717) is 0 Å². The molecule has 7 heteroatoms. The highest BCUT2D eigenvalue weighted by Crippen LogP contribution is 2.38. The van der Waals surface area contributed by atoms with Crippen LogP contribution in [0, 0.1) is 17.5 Å². The molecule has 0 saturated heterocycles. The van der Waals surface area contributed by atoms with E-state index in [2.05, 4.69) is 4.74 Å². The van der Waals surface area contributed by atoms with Gasteiger partial charge in [-0.15, -0.1) is 0 Å². The second-order valence-corrected chi connectivity index (χ2v) is 2.91. The van der Waals surface area contributed by atoms with Crippen molar-refractivity contribution in [3.63, 3.8) is 0 Å². The molecule has 0 N–H and O–H groups in total. The number of ether oxygens (including phenoxy) is 1. The highest BCUT2D eigenvalue weighted by Gasteiger charge is 2.24. The Balaban J connectivity index is 3.43. The van der Waals surface area contributed by atoms with E-state index in [1.807, 2.05) is 0 Å². The Hall–Kier alpha value is -0.680. The zero-order valence-corrected chi connectivity index (χ0v) is 7.89. The molecule has 0 spiro atoms. The molecular formula is C7H2Cl2F4O. The van der Waals surface area contributed by atoms with Crippen LogP contribution in [0.5, 0.6) is 5.75 Å². The highest BCUT2D eigenvalue weighted by atomic mass is 35.5. The van der Waals surface area contributed by atoms with Gasteiger partial charge in [0.2, 0.25) is 12.7 Å². The van der Waals surface area contributed by atoms with Crippen molar-refractivity contribution in [3.8, 4) is 5.75 Å². The Morgan fingerprint density at radius 2 is 1.50 bits per heavy atom. The zero-order chi connectivity index (χ0) is 10.9. The van der Waals surface area contributed by atoms with E-state index < -0.39 is 40.1 Å². The van der Waals surface area contributed by atoms with Gasteiger partial charge >= 0.3 is 0 Å². The molecule has 0 unspecified atom stereocenters. The number of alkyl halides is 1. The number of rotatable bonds is 2. The molecule has 0 aliphatic rings. The number of benzene rings is 1. The lowest BCUT2D eigenvalue weighted by molar-refractivity contribution is 0.182. The van der Waals surface area contributed by atoms with Crippen molar-refractivity contribution in [2.24, 2.45) is 0 Å².